The molecule has 0 aliphatic rings. The summed E-state index contributed by atoms with van der Waals surface area (Å²) in [6.45, 7) is 2.87. The fourth-order valence-corrected chi connectivity index (χ4v) is 2.42. The molecule has 3 nitrogen and oxygen atoms in total. The van der Waals surface area contributed by atoms with Gasteiger partial charge in [0.25, 0.3) is 0 Å². The van der Waals surface area contributed by atoms with Crippen LogP contribution < -0.4 is 4.74 Å². The van der Waals surface area contributed by atoms with Gasteiger partial charge in [0.15, 0.2) is 0 Å². The Kier molecular flexibility index (Phi) is 4.97. The first-order valence-electron chi connectivity index (χ1n) is 6.98. The van der Waals surface area contributed by atoms with Crippen molar-refractivity contribution >= 4 is 0 Å². The van der Waals surface area contributed by atoms with Crippen molar-refractivity contribution in [3.8, 4) is 11.8 Å². The standard InChI is InChI=1S/C18H20N2O/c1-14(17-10-6-7-11-18(17)21-3)20(2)13-16-9-5-4-8-15(16)12-19/h4-11,14H,13H2,1-3H3. The third-order valence-electron chi connectivity index (χ3n) is 3.81. The van der Waals surface area contributed by atoms with Crippen LogP contribution in [0.4, 0.5) is 0 Å². The van der Waals surface area contributed by atoms with Crippen molar-refractivity contribution in [2.24, 2.45) is 0 Å². The van der Waals surface area contributed by atoms with Crippen LogP contribution in [0.25, 0.3) is 0 Å². The normalized spacial score (nSPS) is 12.0. The van der Waals surface area contributed by atoms with Gasteiger partial charge in [0, 0.05) is 18.2 Å². The number of para-hydroxylation sites is 1. The molecule has 3 heteroatoms. The lowest BCUT2D eigenvalue weighted by Crippen LogP contribution is -2.22. The van der Waals surface area contributed by atoms with Gasteiger partial charge in [-0.2, -0.15) is 5.26 Å². The van der Waals surface area contributed by atoms with E-state index < -0.39 is 0 Å². The second-order valence-electron chi connectivity index (χ2n) is 5.10. The van der Waals surface area contributed by atoms with E-state index >= 15 is 0 Å². The van der Waals surface area contributed by atoms with Crippen LogP contribution in [0.3, 0.4) is 0 Å². The quantitative estimate of drug-likeness (QED) is 0.836. The van der Waals surface area contributed by atoms with E-state index in [0.29, 0.717) is 0 Å². The number of hydrogen-bond donors (Lipinski definition) is 0. The van der Waals surface area contributed by atoms with Crippen LogP contribution in [0, 0.1) is 11.3 Å². The number of ether oxygens (including phenoxy) is 1. The van der Waals surface area contributed by atoms with E-state index in [1.165, 1.54) is 0 Å². The molecule has 21 heavy (non-hydrogen) atoms. The first kappa shape index (κ1) is 15.1. The molecule has 0 heterocycles. The predicted molar refractivity (Wildman–Crippen MR) is 84.0 cm³/mol. The molecule has 2 rings (SSSR count). The molecular weight excluding hydrogens is 260 g/mol. The Bertz CT molecular complexity index is 646. The van der Waals surface area contributed by atoms with Crippen molar-refractivity contribution in [1.82, 2.24) is 4.90 Å². The molecular formula is C18H20N2O. The number of nitriles is 1. The fraction of sp³-hybridized carbons (Fsp3) is 0.278. The molecule has 2 aromatic carbocycles. The Morgan fingerprint density at radius 1 is 1.14 bits per heavy atom. The summed E-state index contributed by atoms with van der Waals surface area (Å²) in [5, 5.41) is 9.18. The highest BCUT2D eigenvalue weighted by Gasteiger charge is 2.16. The second-order valence-corrected chi connectivity index (χ2v) is 5.10. The van der Waals surface area contributed by atoms with Crippen LogP contribution in [0.2, 0.25) is 0 Å². The molecule has 0 spiro atoms. The smallest absolute Gasteiger partial charge is 0.123 e. The van der Waals surface area contributed by atoms with E-state index in [1.807, 2.05) is 42.5 Å². The third-order valence-corrected chi connectivity index (χ3v) is 3.81. The van der Waals surface area contributed by atoms with E-state index in [-0.39, 0.29) is 6.04 Å². The molecule has 0 fully saturated rings. The molecule has 0 aromatic heterocycles. The maximum Gasteiger partial charge on any atom is 0.123 e. The molecule has 0 bridgehead atoms. The van der Waals surface area contributed by atoms with Crippen LogP contribution in [0.5, 0.6) is 5.75 Å². The van der Waals surface area contributed by atoms with Crippen LogP contribution in [0.1, 0.15) is 29.7 Å². The summed E-state index contributed by atoms with van der Waals surface area (Å²) in [7, 11) is 3.75. The summed E-state index contributed by atoms with van der Waals surface area (Å²) in [6.07, 6.45) is 0. The highest BCUT2D eigenvalue weighted by Crippen LogP contribution is 2.29. The van der Waals surface area contributed by atoms with Crippen molar-refractivity contribution < 1.29 is 4.74 Å². The minimum atomic E-state index is 0.202. The van der Waals surface area contributed by atoms with Gasteiger partial charge in [0.05, 0.1) is 18.7 Å². The highest BCUT2D eigenvalue weighted by molar-refractivity contribution is 5.38. The maximum atomic E-state index is 9.18. The maximum absolute atomic E-state index is 9.18. The van der Waals surface area contributed by atoms with Crippen molar-refractivity contribution in [2.45, 2.75) is 19.5 Å². The second kappa shape index (κ2) is 6.92. The lowest BCUT2D eigenvalue weighted by Gasteiger charge is -2.26. The molecule has 0 saturated heterocycles. The molecule has 0 aliphatic heterocycles. The van der Waals surface area contributed by atoms with Crippen molar-refractivity contribution in [3.63, 3.8) is 0 Å². The molecule has 108 valence electrons. The summed E-state index contributed by atoms with van der Waals surface area (Å²) in [5.74, 6) is 0.894. The van der Waals surface area contributed by atoms with Crippen molar-refractivity contribution in [1.29, 1.82) is 5.26 Å². The number of nitrogens with zero attached hydrogens (tertiary/aromatic N) is 2. The molecule has 1 atom stereocenters. The Morgan fingerprint density at radius 2 is 1.81 bits per heavy atom. The first-order chi connectivity index (χ1) is 10.2. The van der Waals surface area contributed by atoms with Crippen molar-refractivity contribution in [2.75, 3.05) is 14.2 Å². The van der Waals surface area contributed by atoms with E-state index in [2.05, 4.69) is 31.0 Å². The van der Waals surface area contributed by atoms with E-state index in [4.69, 9.17) is 4.74 Å². The number of hydrogen-bond acceptors (Lipinski definition) is 3. The zero-order valence-corrected chi connectivity index (χ0v) is 12.7. The van der Waals surface area contributed by atoms with Gasteiger partial charge in [-0.1, -0.05) is 36.4 Å². The van der Waals surface area contributed by atoms with Crippen LogP contribution >= 0.6 is 0 Å². The average Bonchev–Trinajstić information content (AvgIpc) is 2.54. The van der Waals surface area contributed by atoms with Gasteiger partial charge in [-0.15, -0.1) is 0 Å². The molecule has 0 saturated carbocycles. The van der Waals surface area contributed by atoms with Gasteiger partial charge < -0.3 is 4.74 Å². The lowest BCUT2D eigenvalue weighted by atomic mass is 10.0. The largest absolute Gasteiger partial charge is 0.496 e. The number of benzene rings is 2. The van der Waals surface area contributed by atoms with E-state index in [9.17, 15) is 5.26 Å². The van der Waals surface area contributed by atoms with Gasteiger partial charge in [0.2, 0.25) is 0 Å². The first-order valence-corrected chi connectivity index (χ1v) is 6.98. The van der Waals surface area contributed by atoms with E-state index in [1.54, 1.807) is 7.11 Å². The number of methoxy groups -OCH3 is 1. The zero-order chi connectivity index (χ0) is 15.2. The van der Waals surface area contributed by atoms with Crippen LogP contribution in [-0.2, 0) is 6.54 Å². The fourth-order valence-electron chi connectivity index (χ4n) is 2.42. The minimum absolute atomic E-state index is 0.202. The van der Waals surface area contributed by atoms with Gasteiger partial charge in [0.1, 0.15) is 5.75 Å². The third kappa shape index (κ3) is 3.42. The Hall–Kier alpha value is -2.31. The molecule has 0 N–H and O–H groups in total. The van der Waals surface area contributed by atoms with E-state index in [0.717, 1.165) is 29.0 Å². The van der Waals surface area contributed by atoms with Gasteiger partial charge >= 0.3 is 0 Å². The predicted octanol–water partition coefficient (Wildman–Crippen LogP) is 3.76. The summed E-state index contributed by atoms with van der Waals surface area (Å²) in [4.78, 5) is 2.22. The molecule has 0 aliphatic carbocycles. The van der Waals surface area contributed by atoms with Gasteiger partial charge in [-0.3, -0.25) is 4.90 Å². The Morgan fingerprint density at radius 3 is 2.52 bits per heavy atom. The topological polar surface area (TPSA) is 36.3 Å². The van der Waals surface area contributed by atoms with Crippen LogP contribution in [-0.4, -0.2) is 19.1 Å². The average molecular weight is 280 g/mol. The van der Waals surface area contributed by atoms with Crippen molar-refractivity contribution in [3.05, 3.63) is 65.2 Å². The molecule has 1 unspecified atom stereocenters. The Labute approximate surface area is 126 Å². The lowest BCUT2D eigenvalue weighted by molar-refractivity contribution is 0.247. The van der Waals surface area contributed by atoms with Crippen LogP contribution in [0.15, 0.2) is 48.5 Å². The summed E-state index contributed by atoms with van der Waals surface area (Å²) < 4.78 is 5.43. The summed E-state index contributed by atoms with van der Waals surface area (Å²) in [5.41, 5.74) is 2.93. The zero-order valence-electron chi connectivity index (χ0n) is 12.7. The summed E-state index contributed by atoms with van der Waals surface area (Å²) in [6, 6.07) is 18.2. The molecule has 2 aromatic rings. The Balaban J connectivity index is 2.20. The molecule has 0 radical (unpaired) electrons. The molecule has 0 amide bonds. The van der Waals surface area contributed by atoms with Gasteiger partial charge in [-0.05, 0) is 31.7 Å². The minimum Gasteiger partial charge on any atom is -0.496 e. The highest BCUT2D eigenvalue weighted by atomic mass is 16.5. The monoisotopic (exact) mass is 280 g/mol. The number of rotatable bonds is 5. The summed E-state index contributed by atoms with van der Waals surface area (Å²) >= 11 is 0. The van der Waals surface area contributed by atoms with Gasteiger partial charge in [-0.25, -0.2) is 0 Å². The SMILES string of the molecule is COc1ccccc1C(C)N(C)Cc1ccccc1C#N.